The lowest BCUT2D eigenvalue weighted by molar-refractivity contribution is 0.0691. The number of aromatic nitrogens is 1. The minimum atomic E-state index is -0.978. The summed E-state index contributed by atoms with van der Waals surface area (Å²) < 4.78 is 0. The molecule has 0 aliphatic heterocycles. The van der Waals surface area contributed by atoms with Gasteiger partial charge in [-0.2, -0.15) is 0 Å². The van der Waals surface area contributed by atoms with E-state index >= 15 is 0 Å². The molecule has 0 aliphatic rings. The zero-order valence-electron chi connectivity index (χ0n) is 9.20. The Morgan fingerprint density at radius 3 is 2.80 bits per heavy atom. The van der Waals surface area contributed by atoms with Crippen LogP contribution >= 0.6 is 11.3 Å². The first-order chi connectivity index (χ1) is 6.94. The van der Waals surface area contributed by atoms with E-state index in [2.05, 4.69) is 31.1 Å². The van der Waals surface area contributed by atoms with Gasteiger partial charge in [-0.05, 0) is 11.8 Å². The Morgan fingerprint density at radius 2 is 2.33 bits per heavy atom. The van der Waals surface area contributed by atoms with E-state index in [0.717, 1.165) is 13.0 Å². The molecule has 0 fully saturated rings. The summed E-state index contributed by atoms with van der Waals surface area (Å²) in [4.78, 5) is 14.5. The molecule has 5 heteroatoms. The molecule has 1 rings (SSSR count). The van der Waals surface area contributed by atoms with E-state index in [0.29, 0.717) is 5.13 Å². The number of anilines is 1. The number of carboxylic acids is 1. The van der Waals surface area contributed by atoms with Crippen molar-refractivity contribution in [1.29, 1.82) is 0 Å². The van der Waals surface area contributed by atoms with Crippen molar-refractivity contribution < 1.29 is 9.90 Å². The van der Waals surface area contributed by atoms with Gasteiger partial charge in [0.15, 0.2) is 10.8 Å². The lowest BCUT2D eigenvalue weighted by Gasteiger charge is -2.22. The third-order valence-corrected chi connectivity index (χ3v) is 3.20. The van der Waals surface area contributed by atoms with E-state index in [4.69, 9.17) is 5.11 Å². The van der Waals surface area contributed by atoms with Crippen molar-refractivity contribution in [3.8, 4) is 0 Å². The fraction of sp³-hybridized carbons (Fsp3) is 0.600. The average molecular weight is 228 g/mol. The molecule has 0 aromatic carbocycles. The number of carboxylic acid groups (broad SMARTS) is 1. The Hall–Kier alpha value is -1.10. The van der Waals surface area contributed by atoms with Gasteiger partial charge in [0.25, 0.3) is 0 Å². The molecule has 0 radical (unpaired) electrons. The van der Waals surface area contributed by atoms with Crippen molar-refractivity contribution in [2.45, 2.75) is 27.2 Å². The van der Waals surface area contributed by atoms with Crippen molar-refractivity contribution in [3.63, 3.8) is 0 Å². The molecule has 1 aromatic rings. The lowest BCUT2D eigenvalue weighted by atomic mass is 9.90. The topological polar surface area (TPSA) is 62.2 Å². The maximum atomic E-state index is 10.6. The minimum absolute atomic E-state index is 0.108. The predicted octanol–water partition coefficient (Wildman–Crippen LogP) is 2.69. The van der Waals surface area contributed by atoms with Crippen molar-refractivity contribution in [1.82, 2.24) is 4.98 Å². The predicted molar refractivity (Wildman–Crippen MR) is 61.6 cm³/mol. The molecule has 0 saturated carbocycles. The van der Waals surface area contributed by atoms with Gasteiger partial charge >= 0.3 is 5.97 Å². The molecule has 0 spiro atoms. The summed E-state index contributed by atoms with van der Waals surface area (Å²) in [6, 6.07) is 0. The maximum absolute atomic E-state index is 10.6. The quantitative estimate of drug-likeness (QED) is 0.813. The van der Waals surface area contributed by atoms with Gasteiger partial charge < -0.3 is 10.4 Å². The number of nitrogens with zero attached hydrogens (tertiary/aromatic N) is 1. The van der Waals surface area contributed by atoms with Gasteiger partial charge in [0.05, 0.1) is 0 Å². The number of carbonyl (C=O) groups is 1. The molecule has 84 valence electrons. The molecule has 2 N–H and O–H groups in total. The molecular formula is C10H16N2O2S. The molecule has 0 unspecified atom stereocenters. The Labute approximate surface area is 93.4 Å². The van der Waals surface area contributed by atoms with Crippen LogP contribution in [0.3, 0.4) is 0 Å². The summed E-state index contributed by atoms with van der Waals surface area (Å²) in [5, 5.41) is 14.1. The standard InChI is InChI=1S/C10H16N2O2S/c1-4-10(2,3)6-11-9-12-7(5-15-9)8(13)14/h5H,4,6H2,1-3H3,(H,11,12)(H,13,14). The molecule has 1 heterocycles. The van der Waals surface area contributed by atoms with Gasteiger partial charge in [-0.3, -0.25) is 0 Å². The summed E-state index contributed by atoms with van der Waals surface area (Å²) in [5.41, 5.74) is 0.312. The number of rotatable bonds is 5. The number of nitrogens with one attached hydrogen (secondary N) is 1. The summed E-state index contributed by atoms with van der Waals surface area (Å²) in [7, 11) is 0. The van der Waals surface area contributed by atoms with Crippen LogP contribution in [0.5, 0.6) is 0 Å². The van der Waals surface area contributed by atoms with Crippen molar-refractivity contribution in [2.75, 3.05) is 11.9 Å². The highest BCUT2D eigenvalue weighted by Crippen LogP contribution is 2.22. The van der Waals surface area contributed by atoms with Crippen LogP contribution in [0.15, 0.2) is 5.38 Å². The monoisotopic (exact) mass is 228 g/mol. The van der Waals surface area contributed by atoms with Gasteiger partial charge in [-0.1, -0.05) is 20.8 Å². The molecular weight excluding hydrogens is 212 g/mol. The summed E-state index contributed by atoms with van der Waals surface area (Å²) in [6.45, 7) is 7.25. The molecule has 0 bridgehead atoms. The highest BCUT2D eigenvalue weighted by Gasteiger charge is 2.16. The van der Waals surface area contributed by atoms with E-state index < -0.39 is 5.97 Å². The number of thiazole rings is 1. The average Bonchev–Trinajstić information content (AvgIpc) is 2.63. The first kappa shape index (κ1) is 12.0. The number of aromatic carboxylic acids is 1. The van der Waals surface area contributed by atoms with Crippen LogP contribution in [0.4, 0.5) is 5.13 Å². The fourth-order valence-electron chi connectivity index (χ4n) is 0.893. The highest BCUT2D eigenvalue weighted by molar-refractivity contribution is 7.13. The molecule has 0 atom stereocenters. The van der Waals surface area contributed by atoms with Gasteiger partial charge in [0.2, 0.25) is 0 Å². The molecule has 15 heavy (non-hydrogen) atoms. The largest absolute Gasteiger partial charge is 0.476 e. The molecule has 0 amide bonds. The Balaban J connectivity index is 2.55. The fourth-order valence-corrected chi connectivity index (χ4v) is 1.58. The number of hydrogen-bond acceptors (Lipinski definition) is 4. The summed E-state index contributed by atoms with van der Waals surface area (Å²) >= 11 is 1.33. The summed E-state index contributed by atoms with van der Waals surface area (Å²) in [6.07, 6.45) is 1.07. The smallest absolute Gasteiger partial charge is 0.355 e. The second-order valence-corrected chi connectivity index (χ2v) is 5.07. The van der Waals surface area contributed by atoms with Crippen LogP contribution in [0.25, 0.3) is 0 Å². The highest BCUT2D eigenvalue weighted by atomic mass is 32.1. The maximum Gasteiger partial charge on any atom is 0.355 e. The van der Waals surface area contributed by atoms with E-state index in [-0.39, 0.29) is 11.1 Å². The second-order valence-electron chi connectivity index (χ2n) is 4.21. The molecule has 0 aliphatic carbocycles. The van der Waals surface area contributed by atoms with E-state index in [1.807, 2.05) is 0 Å². The Kier molecular flexibility index (Phi) is 3.68. The van der Waals surface area contributed by atoms with E-state index in [9.17, 15) is 4.79 Å². The van der Waals surface area contributed by atoms with Crippen LogP contribution in [0, 0.1) is 5.41 Å². The van der Waals surface area contributed by atoms with Crippen LogP contribution in [0.2, 0.25) is 0 Å². The van der Waals surface area contributed by atoms with Crippen LogP contribution in [-0.4, -0.2) is 22.6 Å². The van der Waals surface area contributed by atoms with Crippen LogP contribution < -0.4 is 5.32 Å². The molecule has 1 aromatic heterocycles. The minimum Gasteiger partial charge on any atom is -0.476 e. The molecule has 4 nitrogen and oxygen atoms in total. The van der Waals surface area contributed by atoms with Gasteiger partial charge in [0, 0.05) is 11.9 Å². The first-order valence-corrected chi connectivity index (χ1v) is 5.75. The van der Waals surface area contributed by atoms with Crippen LogP contribution in [-0.2, 0) is 0 Å². The number of hydrogen-bond donors (Lipinski definition) is 2. The first-order valence-electron chi connectivity index (χ1n) is 4.87. The van der Waals surface area contributed by atoms with Crippen molar-refractivity contribution in [3.05, 3.63) is 11.1 Å². The normalized spacial score (nSPS) is 11.4. The van der Waals surface area contributed by atoms with Gasteiger partial charge in [0.1, 0.15) is 0 Å². The summed E-state index contributed by atoms with van der Waals surface area (Å²) in [5.74, 6) is -0.978. The lowest BCUT2D eigenvalue weighted by Crippen LogP contribution is -2.21. The SMILES string of the molecule is CCC(C)(C)CNc1nc(C(=O)O)cs1. The van der Waals surface area contributed by atoms with Gasteiger partial charge in [-0.25, -0.2) is 9.78 Å². The van der Waals surface area contributed by atoms with E-state index in [1.54, 1.807) is 5.38 Å². The van der Waals surface area contributed by atoms with Crippen molar-refractivity contribution in [2.24, 2.45) is 5.41 Å². The Bertz CT molecular complexity index is 347. The second kappa shape index (κ2) is 4.61. The Morgan fingerprint density at radius 1 is 1.67 bits per heavy atom. The van der Waals surface area contributed by atoms with Crippen molar-refractivity contribution >= 4 is 22.4 Å². The van der Waals surface area contributed by atoms with E-state index in [1.165, 1.54) is 11.3 Å². The van der Waals surface area contributed by atoms with Gasteiger partial charge in [-0.15, -0.1) is 11.3 Å². The third kappa shape index (κ3) is 3.51. The zero-order valence-corrected chi connectivity index (χ0v) is 10.0. The zero-order chi connectivity index (χ0) is 11.5. The van der Waals surface area contributed by atoms with Crippen LogP contribution in [0.1, 0.15) is 37.7 Å². The third-order valence-electron chi connectivity index (χ3n) is 2.40. The molecule has 0 saturated heterocycles.